The van der Waals surface area contributed by atoms with Crippen molar-refractivity contribution in [1.29, 1.82) is 0 Å². The van der Waals surface area contributed by atoms with E-state index in [-0.39, 0.29) is 5.91 Å². The molecule has 0 unspecified atom stereocenters. The first-order valence-corrected chi connectivity index (χ1v) is 10.4. The second-order valence-corrected chi connectivity index (χ2v) is 7.85. The van der Waals surface area contributed by atoms with Gasteiger partial charge in [-0.15, -0.1) is 0 Å². The van der Waals surface area contributed by atoms with Gasteiger partial charge in [-0.2, -0.15) is 29.6 Å². The Kier molecular flexibility index (Phi) is 7.30. The van der Waals surface area contributed by atoms with Gasteiger partial charge in [-0.1, -0.05) is 0 Å². The third kappa shape index (κ3) is 6.40. The average Bonchev–Trinajstić information content (AvgIpc) is 3.46. The van der Waals surface area contributed by atoms with E-state index in [9.17, 15) is 18.0 Å². The van der Waals surface area contributed by atoms with E-state index in [1.54, 1.807) is 35.5 Å². The highest BCUT2D eigenvalue weighted by atomic mass is 32.1. The normalized spacial score (nSPS) is 13.8. The second-order valence-electron chi connectivity index (χ2n) is 7.07. The molecule has 3 aromatic rings. The molecule has 2 N–H and O–H groups in total. The van der Waals surface area contributed by atoms with Crippen molar-refractivity contribution in [3.8, 4) is 0 Å². The molecule has 3 aromatic heterocycles. The number of nitrogens with zero attached hydrogens (tertiary/aromatic N) is 5. The summed E-state index contributed by atoms with van der Waals surface area (Å²) in [5.74, 6) is -1.82. The van der Waals surface area contributed by atoms with Gasteiger partial charge in [-0.3, -0.25) is 14.4 Å². The van der Waals surface area contributed by atoms with Crippen LogP contribution in [0.1, 0.15) is 27.4 Å². The zero-order valence-electron chi connectivity index (χ0n) is 17.0. The fraction of sp³-hybridized carbons (Fsp3) is 0.368. The van der Waals surface area contributed by atoms with Gasteiger partial charge in [0.25, 0.3) is 5.91 Å². The molecule has 1 aliphatic rings. The van der Waals surface area contributed by atoms with Crippen LogP contribution in [0.2, 0.25) is 0 Å². The van der Waals surface area contributed by atoms with Crippen LogP contribution in [0.25, 0.3) is 0 Å². The molecule has 0 radical (unpaired) electrons. The Morgan fingerprint density at radius 3 is 2.62 bits per heavy atom. The highest BCUT2D eigenvalue weighted by molar-refractivity contribution is 7.07. The topological polar surface area (TPSA) is 105 Å². The van der Waals surface area contributed by atoms with Gasteiger partial charge in [0.15, 0.2) is 0 Å². The summed E-state index contributed by atoms with van der Waals surface area (Å²) in [6.45, 7) is 4.18. The van der Waals surface area contributed by atoms with Crippen LogP contribution < -0.4 is 5.32 Å². The minimum atomic E-state index is -5.08. The molecule has 0 aromatic carbocycles. The average molecular weight is 470 g/mol. The molecular formula is C19H21F3N6O3S. The van der Waals surface area contributed by atoms with Crippen molar-refractivity contribution in [2.45, 2.75) is 32.4 Å². The maximum atomic E-state index is 12.1. The van der Waals surface area contributed by atoms with Gasteiger partial charge in [-0.05, 0) is 22.4 Å². The molecule has 0 saturated carbocycles. The van der Waals surface area contributed by atoms with E-state index in [0.717, 1.165) is 37.7 Å². The number of aryl methyl sites for hydroxylation is 1. The SMILES string of the molecule is Cn1cc(C(=O)NCc2cn3c(n2)CN(Cc2ccsc2)CC3)cn1.O=C(O)C(F)(F)F. The zero-order chi connectivity index (χ0) is 23.3. The van der Waals surface area contributed by atoms with Crippen molar-refractivity contribution in [2.24, 2.45) is 7.05 Å². The first-order valence-electron chi connectivity index (χ1n) is 9.47. The lowest BCUT2D eigenvalue weighted by Gasteiger charge is -2.27. The van der Waals surface area contributed by atoms with Crippen LogP contribution in [0.4, 0.5) is 13.2 Å². The molecule has 172 valence electrons. The van der Waals surface area contributed by atoms with Gasteiger partial charge in [-0.25, -0.2) is 9.78 Å². The molecule has 0 bridgehead atoms. The Bertz CT molecular complexity index is 1060. The van der Waals surface area contributed by atoms with Crippen LogP contribution in [0.15, 0.2) is 35.4 Å². The largest absolute Gasteiger partial charge is 0.490 e. The monoisotopic (exact) mass is 470 g/mol. The number of thiophene rings is 1. The number of aromatic nitrogens is 4. The van der Waals surface area contributed by atoms with E-state index in [1.165, 1.54) is 5.56 Å². The number of aliphatic carboxylic acids is 1. The lowest BCUT2D eigenvalue weighted by Crippen LogP contribution is -2.33. The summed E-state index contributed by atoms with van der Waals surface area (Å²) in [5.41, 5.74) is 2.81. The maximum Gasteiger partial charge on any atom is 0.490 e. The molecule has 0 spiro atoms. The smallest absolute Gasteiger partial charge is 0.475 e. The number of nitrogens with one attached hydrogen (secondary N) is 1. The number of amides is 1. The van der Waals surface area contributed by atoms with Crippen LogP contribution >= 0.6 is 11.3 Å². The van der Waals surface area contributed by atoms with Crippen LogP contribution in [0, 0.1) is 0 Å². The van der Waals surface area contributed by atoms with Crippen LogP contribution in [0.3, 0.4) is 0 Å². The summed E-state index contributed by atoms with van der Waals surface area (Å²) in [7, 11) is 1.79. The quantitative estimate of drug-likeness (QED) is 0.593. The number of carboxylic acid groups (broad SMARTS) is 1. The van der Waals surface area contributed by atoms with Crippen molar-refractivity contribution in [3.63, 3.8) is 0 Å². The van der Waals surface area contributed by atoms with Gasteiger partial charge in [0.05, 0.1) is 30.5 Å². The fourth-order valence-corrected chi connectivity index (χ4v) is 3.69. The number of fused-ring (bicyclic) bond motifs is 1. The molecule has 13 heteroatoms. The molecule has 4 heterocycles. The molecule has 0 atom stereocenters. The number of rotatable bonds is 5. The summed E-state index contributed by atoms with van der Waals surface area (Å²) >= 11 is 1.73. The first-order chi connectivity index (χ1) is 15.1. The maximum absolute atomic E-state index is 12.1. The van der Waals surface area contributed by atoms with E-state index < -0.39 is 12.1 Å². The summed E-state index contributed by atoms with van der Waals surface area (Å²) in [5, 5.41) is 18.4. The van der Waals surface area contributed by atoms with E-state index in [2.05, 4.69) is 41.7 Å². The number of carboxylic acids is 1. The summed E-state index contributed by atoms with van der Waals surface area (Å²) in [4.78, 5) is 28.1. The third-order valence-electron chi connectivity index (χ3n) is 4.56. The van der Waals surface area contributed by atoms with E-state index in [0.29, 0.717) is 12.1 Å². The number of carbonyl (C=O) groups excluding carboxylic acids is 1. The van der Waals surface area contributed by atoms with Crippen LogP contribution in [-0.2, 0) is 38.0 Å². The van der Waals surface area contributed by atoms with E-state index >= 15 is 0 Å². The van der Waals surface area contributed by atoms with Crippen LogP contribution in [-0.4, -0.2) is 53.9 Å². The summed E-state index contributed by atoms with van der Waals surface area (Å²) in [6, 6.07) is 2.17. The minimum absolute atomic E-state index is 0.127. The molecule has 1 amide bonds. The summed E-state index contributed by atoms with van der Waals surface area (Å²) in [6.07, 6.45) is 0.229. The van der Waals surface area contributed by atoms with Crippen molar-refractivity contribution < 1.29 is 27.9 Å². The fourth-order valence-electron chi connectivity index (χ4n) is 3.03. The van der Waals surface area contributed by atoms with Gasteiger partial charge in [0.2, 0.25) is 0 Å². The number of hydrogen-bond acceptors (Lipinski definition) is 6. The Labute approximate surface area is 185 Å². The van der Waals surface area contributed by atoms with E-state index in [4.69, 9.17) is 9.90 Å². The predicted molar refractivity (Wildman–Crippen MR) is 109 cm³/mol. The highest BCUT2D eigenvalue weighted by Crippen LogP contribution is 2.17. The number of imidazole rings is 1. The van der Waals surface area contributed by atoms with E-state index in [1.807, 2.05) is 6.20 Å². The van der Waals surface area contributed by atoms with Crippen molar-refractivity contribution >= 4 is 23.2 Å². The molecule has 9 nitrogen and oxygen atoms in total. The summed E-state index contributed by atoms with van der Waals surface area (Å²) < 4.78 is 35.5. The van der Waals surface area contributed by atoms with Gasteiger partial charge < -0.3 is 15.0 Å². The predicted octanol–water partition coefficient (Wildman–Crippen LogP) is 2.26. The molecule has 0 aliphatic carbocycles. The highest BCUT2D eigenvalue weighted by Gasteiger charge is 2.38. The minimum Gasteiger partial charge on any atom is -0.475 e. The Hall–Kier alpha value is -3.19. The Morgan fingerprint density at radius 1 is 1.28 bits per heavy atom. The van der Waals surface area contributed by atoms with Gasteiger partial charge >= 0.3 is 12.1 Å². The third-order valence-corrected chi connectivity index (χ3v) is 5.29. The molecule has 4 rings (SSSR count). The molecule has 0 saturated heterocycles. The number of alkyl halides is 3. The lowest BCUT2D eigenvalue weighted by atomic mass is 10.3. The lowest BCUT2D eigenvalue weighted by molar-refractivity contribution is -0.192. The molecule has 1 aliphatic heterocycles. The number of hydrogen-bond donors (Lipinski definition) is 2. The van der Waals surface area contributed by atoms with Crippen LogP contribution in [0.5, 0.6) is 0 Å². The second kappa shape index (κ2) is 9.96. The van der Waals surface area contributed by atoms with Crippen molar-refractivity contribution in [2.75, 3.05) is 6.54 Å². The standard InChI is InChI=1S/C17H20N6OS.C2HF3O2/c1-21-9-14(6-19-21)17(24)18-7-15-10-23-4-3-22(11-16(23)20-15)8-13-2-5-25-12-13;3-2(4,5)1(6)7/h2,5-6,9-10,12H,3-4,7-8,11H2,1H3,(H,18,24);(H,6,7). The zero-order valence-corrected chi connectivity index (χ0v) is 17.9. The molecule has 0 fully saturated rings. The Morgan fingerprint density at radius 2 is 2.03 bits per heavy atom. The molecule has 32 heavy (non-hydrogen) atoms. The Balaban J connectivity index is 0.000000360. The number of halogens is 3. The number of carbonyl (C=O) groups is 2. The van der Waals surface area contributed by atoms with Gasteiger partial charge in [0, 0.05) is 39.1 Å². The van der Waals surface area contributed by atoms with Crippen molar-refractivity contribution in [3.05, 3.63) is 58.1 Å². The van der Waals surface area contributed by atoms with Crippen molar-refractivity contribution in [1.82, 2.24) is 29.5 Å². The molecular weight excluding hydrogens is 449 g/mol. The first kappa shape index (κ1) is 23.5. The van der Waals surface area contributed by atoms with Gasteiger partial charge in [0.1, 0.15) is 5.82 Å².